The summed E-state index contributed by atoms with van der Waals surface area (Å²) in [6.07, 6.45) is 0. The molecule has 3 aromatic rings. The lowest BCUT2D eigenvalue weighted by atomic mass is 10.1. The van der Waals surface area contributed by atoms with E-state index in [1.165, 1.54) is 12.7 Å². The van der Waals surface area contributed by atoms with Crippen LogP contribution in [0.25, 0.3) is 16.6 Å². The highest BCUT2D eigenvalue weighted by atomic mass is 79.9. The number of halogens is 1. The molecule has 0 aliphatic rings. The molecule has 0 aliphatic heterocycles. The van der Waals surface area contributed by atoms with Crippen LogP contribution >= 0.6 is 15.9 Å². The largest absolute Gasteiger partial charge is 0.465 e. The van der Waals surface area contributed by atoms with Gasteiger partial charge in [-0.25, -0.2) is 9.48 Å². The van der Waals surface area contributed by atoms with Crippen molar-refractivity contribution in [2.45, 2.75) is 6.92 Å². The predicted octanol–water partition coefficient (Wildman–Crippen LogP) is 3.88. The molecular formula is C16H13BrN2O2. The zero-order valence-corrected chi connectivity index (χ0v) is 13.2. The van der Waals surface area contributed by atoms with Gasteiger partial charge in [0.2, 0.25) is 0 Å². The molecule has 1 aromatic heterocycles. The second-order valence-corrected chi connectivity index (χ2v) is 5.51. The molecule has 3 rings (SSSR count). The molecule has 0 fully saturated rings. The third kappa shape index (κ3) is 2.45. The Morgan fingerprint density at radius 1 is 1.19 bits per heavy atom. The minimum absolute atomic E-state index is 0.357. The quantitative estimate of drug-likeness (QED) is 0.662. The van der Waals surface area contributed by atoms with Crippen molar-refractivity contribution in [1.82, 2.24) is 9.78 Å². The van der Waals surface area contributed by atoms with Gasteiger partial charge in [0.25, 0.3) is 0 Å². The van der Waals surface area contributed by atoms with E-state index in [0.717, 1.165) is 21.2 Å². The Bertz CT molecular complexity index is 822. The fourth-order valence-electron chi connectivity index (χ4n) is 2.20. The van der Waals surface area contributed by atoms with E-state index in [2.05, 4.69) is 21.0 Å². The van der Waals surface area contributed by atoms with E-state index in [0.29, 0.717) is 5.56 Å². The molecule has 0 unspecified atom stereocenters. The summed E-state index contributed by atoms with van der Waals surface area (Å²) in [5.41, 5.74) is 3.49. The van der Waals surface area contributed by atoms with E-state index in [1.54, 1.807) is 12.1 Å². The average Bonchev–Trinajstić information content (AvgIpc) is 2.84. The van der Waals surface area contributed by atoms with Crippen LogP contribution < -0.4 is 0 Å². The maximum atomic E-state index is 11.7. The number of fused-ring (bicyclic) bond motifs is 1. The maximum absolute atomic E-state index is 11.7. The predicted molar refractivity (Wildman–Crippen MR) is 84.8 cm³/mol. The number of benzene rings is 2. The zero-order chi connectivity index (χ0) is 15.0. The van der Waals surface area contributed by atoms with Crippen molar-refractivity contribution in [3.8, 4) is 5.69 Å². The van der Waals surface area contributed by atoms with Crippen LogP contribution in [0.2, 0.25) is 0 Å². The molecule has 2 aromatic carbocycles. The molecule has 0 amide bonds. The number of carbonyl (C=O) groups excluding carboxylic acids is 1. The Labute approximate surface area is 130 Å². The summed E-state index contributed by atoms with van der Waals surface area (Å²) >= 11 is 3.46. The van der Waals surface area contributed by atoms with E-state index in [9.17, 15) is 4.79 Å². The molecule has 0 aliphatic carbocycles. The molecule has 0 atom stereocenters. The fourth-order valence-corrected chi connectivity index (χ4v) is 2.70. The molecule has 0 saturated carbocycles. The third-order valence-corrected chi connectivity index (χ3v) is 3.92. The highest BCUT2D eigenvalue weighted by Crippen LogP contribution is 2.27. The Morgan fingerprint density at radius 2 is 1.90 bits per heavy atom. The van der Waals surface area contributed by atoms with Crippen molar-refractivity contribution in [3.05, 3.63) is 58.2 Å². The van der Waals surface area contributed by atoms with Gasteiger partial charge in [0.15, 0.2) is 0 Å². The van der Waals surface area contributed by atoms with Crippen LogP contribution in [0.5, 0.6) is 0 Å². The number of hydrogen-bond donors (Lipinski definition) is 0. The van der Waals surface area contributed by atoms with Crippen molar-refractivity contribution in [1.29, 1.82) is 0 Å². The summed E-state index contributed by atoms with van der Waals surface area (Å²) in [7, 11) is 1.37. The average molecular weight is 345 g/mol. The first-order chi connectivity index (χ1) is 10.1. The van der Waals surface area contributed by atoms with Gasteiger partial charge in [-0.15, -0.1) is 0 Å². The van der Waals surface area contributed by atoms with Crippen LogP contribution in [0.4, 0.5) is 0 Å². The van der Waals surface area contributed by atoms with Gasteiger partial charge in [-0.2, -0.15) is 5.10 Å². The number of aryl methyl sites for hydroxylation is 1. The number of hydrogen-bond acceptors (Lipinski definition) is 3. The summed E-state index contributed by atoms with van der Waals surface area (Å²) in [6, 6.07) is 13.4. The molecule has 0 N–H and O–H groups in total. The molecule has 21 heavy (non-hydrogen) atoms. The second-order valence-electron chi connectivity index (χ2n) is 4.76. The first-order valence-electron chi connectivity index (χ1n) is 6.44. The lowest BCUT2D eigenvalue weighted by Gasteiger charge is -2.05. The number of ether oxygens (including phenoxy) is 1. The second kappa shape index (κ2) is 5.33. The monoisotopic (exact) mass is 344 g/mol. The topological polar surface area (TPSA) is 44.1 Å². The maximum Gasteiger partial charge on any atom is 0.337 e. The number of methoxy groups -OCH3 is 1. The normalized spacial score (nSPS) is 10.8. The van der Waals surface area contributed by atoms with Gasteiger partial charge in [0.1, 0.15) is 4.60 Å². The third-order valence-electron chi connectivity index (χ3n) is 3.34. The van der Waals surface area contributed by atoms with Gasteiger partial charge in [0.05, 0.1) is 23.9 Å². The minimum Gasteiger partial charge on any atom is -0.465 e. The molecule has 0 spiro atoms. The van der Waals surface area contributed by atoms with Crippen molar-refractivity contribution in [3.63, 3.8) is 0 Å². The molecule has 106 valence electrons. The number of carbonyl (C=O) groups is 1. The smallest absolute Gasteiger partial charge is 0.337 e. The van der Waals surface area contributed by atoms with Crippen LogP contribution in [0, 0.1) is 6.92 Å². The fraction of sp³-hybridized carbons (Fsp3) is 0.125. The number of nitrogens with zero attached hydrogens (tertiary/aromatic N) is 2. The van der Waals surface area contributed by atoms with Gasteiger partial charge in [-0.05, 0) is 53.2 Å². The minimum atomic E-state index is -0.357. The number of esters is 1. The SMILES string of the molecule is COC(=O)c1ccc2c(Br)nn(-c3ccc(C)cc3)c2c1. The van der Waals surface area contributed by atoms with E-state index in [-0.39, 0.29) is 5.97 Å². The highest BCUT2D eigenvalue weighted by Gasteiger charge is 2.13. The van der Waals surface area contributed by atoms with E-state index in [1.807, 2.05) is 41.9 Å². The number of rotatable bonds is 2. The van der Waals surface area contributed by atoms with Crippen molar-refractivity contribution >= 4 is 32.8 Å². The van der Waals surface area contributed by atoms with Crippen LogP contribution in [-0.2, 0) is 4.74 Å². The summed E-state index contributed by atoms with van der Waals surface area (Å²) in [5.74, 6) is -0.357. The molecule has 0 saturated heterocycles. The van der Waals surface area contributed by atoms with E-state index in [4.69, 9.17) is 4.74 Å². The standard InChI is InChI=1S/C16H13BrN2O2/c1-10-3-6-12(7-4-10)19-14-9-11(16(20)21-2)5-8-13(14)15(17)18-19/h3-9H,1-2H3. The lowest BCUT2D eigenvalue weighted by Crippen LogP contribution is -2.02. The van der Waals surface area contributed by atoms with Gasteiger partial charge in [-0.1, -0.05) is 17.7 Å². The van der Waals surface area contributed by atoms with Crippen molar-refractivity contribution < 1.29 is 9.53 Å². The van der Waals surface area contributed by atoms with Crippen LogP contribution in [0.15, 0.2) is 47.1 Å². The van der Waals surface area contributed by atoms with Gasteiger partial charge < -0.3 is 4.74 Å². The summed E-state index contributed by atoms with van der Waals surface area (Å²) in [4.78, 5) is 11.7. The Balaban J connectivity index is 2.22. The van der Waals surface area contributed by atoms with E-state index >= 15 is 0 Å². The molecule has 4 nitrogen and oxygen atoms in total. The van der Waals surface area contributed by atoms with Crippen molar-refractivity contribution in [2.24, 2.45) is 0 Å². The number of aromatic nitrogens is 2. The first kappa shape index (κ1) is 13.8. The zero-order valence-electron chi connectivity index (χ0n) is 11.6. The Morgan fingerprint density at radius 3 is 2.57 bits per heavy atom. The Kier molecular flexibility index (Phi) is 3.51. The van der Waals surface area contributed by atoms with Gasteiger partial charge in [0, 0.05) is 5.39 Å². The molecule has 0 radical (unpaired) electrons. The van der Waals surface area contributed by atoms with Gasteiger partial charge in [-0.3, -0.25) is 0 Å². The lowest BCUT2D eigenvalue weighted by molar-refractivity contribution is 0.0601. The summed E-state index contributed by atoms with van der Waals surface area (Å²) < 4.78 is 7.33. The first-order valence-corrected chi connectivity index (χ1v) is 7.23. The Hall–Kier alpha value is -2.14. The van der Waals surface area contributed by atoms with Crippen LogP contribution in [0.3, 0.4) is 0 Å². The molecule has 5 heteroatoms. The highest BCUT2D eigenvalue weighted by molar-refractivity contribution is 9.10. The molecule has 1 heterocycles. The van der Waals surface area contributed by atoms with Crippen LogP contribution in [-0.4, -0.2) is 22.9 Å². The molecular weight excluding hydrogens is 332 g/mol. The van der Waals surface area contributed by atoms with Gasteiger partial charge >= 0.3 is 5.97 Å². The summed E-state index contributed by atoms with van der Waals surface area (Å²) in [6.45, 7) is 2.04. The van der Waals surface area contributed by atoms with Crippen molar-refractivity contribution in [2.75, 3.05) is 7.11 Å². The summed E-state index contributed by atoms with van der Waals surface area (Å²) in [5, 5.41) is 5.44. The van der Waals surface area contributed by atoms with E-state index < -0.39 is 0 Å². The molecule has 0 bridgehead atoms. The van der Waals surface area contributed by atoms with Crippen LogP contribution in [0.1, 0.15) is 15.9 Å².